The lowest BCUT2D eigenvalue weighted by Gasteiger charge is -2.05. The van der Waals surface area contributed by atoms with Crippen molar-refractivity contribution in [2.24, 2.45) is 5.92 Å². The molecule has 0 aromatic carbocycles. The summed E-state index contributed by atoms with van der Waals surface area (Å²) in [5, 5.41) is 0. The van der Waals surface area contributed by atoms with Gasteiger partial charge in [-0.05, 0) is 11.8 Å². The predicted molar refractivity (Wildman–Crippen MR) is 48.2 cm³/mol. The van der Waals surface area contributed by atoms with Gasteiger partial charge in [0.2, 0.25) is 0 Å². The average Bonchev–Trinajstić information content (AvgIpc) is 1.86. The van der Waals surface area contributed by atoms with E-state index in [1.165, 1.54) is 11.8 Å². The third-order valence-electron chi connectivity index (χ3n) is 0.978. The molecule has 0 heterocycles. The summed E-state index contributed by atoms with van der Waals surface area (Å²) < 4.78 is 4.88. The zero-order valence-electron chi connectivity index (χ0n) is 7.22. The highest BCUT2D eigenvalue weighted by molar-refractivity contribution is 8.02. The second kappa shape index (κ2) is 5.24. The molecule has 0 atom stereocenters. The molecule has 0 unspecified atom stereocenters. The van der Waals surface area contributed by atoms with Crippen molar-refractivity contribution in [3.63, 3.8) is 0 Å². The summed E-state index contributed by atoms with van der Waals surface area (Å²) in [6.45, 7) is 9.18. The topological polar surface area (TPSA) is 26.3 Å². The molecule has 11 heavy (non-hydrogen) atoms. The third-order valence-corrected chi connectivity index (χ3v) is 1.71. The number of ether oxygens (including phenoxy) is 1. The van der Waals surface area contributed by atoms with Crippen LogP contribution in [0, 0.1) is 5.92 Å². The summed E-state index contributed by atoms with van der Waals surface area (Å²) in [5.41, 5.74) is 0. The van der Waals surface area contributed by atoms with Crippen molar-refractivity contribution in [2.75, 3.05) is 5.94 Å². The van der Waals surface area contributed by atoms with Gasteiger partial charge in [-0.15, -0.1) is 0 Å². The molecule has 0 N–H and O–H groups in total. The molecule has 0 saturated carbocycles. The molecule has 0 amide bonds. The number of rotatable bonds is 4. The van der Waals surface area contributed by atoms with Crippen LogP contribution in [0.1, 0.15) is 20.8 Å². The Kier molecular flexibility index (Phi) is 5.03. The fourth-order valence-electron chi connectivity index (χ4n) is 0.355. The van der Waals surface area contributed by atoms with Gasteiger partial charge < -0.3 is 4.74 Å². The van der Waals surface area contributed by atoms with Crippen molar-refractivity contribution >= 4 is 17.7 Å². The first kappa shape index (κ1) is 10.6. The van der Waals surface area contributed by atoms with E-state index in [-0.39, 0.29) is 11.9 Å². The average molecular weight is 174 g/mol. The Bertz CT molecular complexity index is 152. The van der Waals surface area contributed by atoms with E-state index in [9.17, 15) is 4.79 Å². The molecule has 0 aromatic heterocycles. The van der Waals surface area contributed by atoms with Crippen molar-refractivity contribution in [1.82, 2.24) is 0 Å². The Morgan fingerprint density at radius 3 is 2.55 bits per heavy atom. The lowest BCUT2D eigenvalue weighted by Crippen LogP contribution is -2.10. The van der Waals surface area contributed by atoms with E-state index in [1.807, 2.05) is 20.8 Å². The van der Waals surface area contributed by atoms with Gasteiger partial charge in [0.05, 0.1) is 5.92 Å². The van der Waals surface area contributed by atoms with Crippen LogP contribution in [0.2, 0.25) is 0 Å². The van der Waals surface area contributed by atoms with Crippen LogP contribution in [0.3, 0.4) is 0 Å². The summed E-state index contributed by atoms with van der Waals surface area (Å²) in [7, 11) is 0. The number of carbonyl (C=O) groups is 1. The third kappa shape index (κ3) is 5.98. The maximum atomic E-state index is 10.9. The van der Waals surface area contributed by atoms with E-state index in [4.69, 9.17) is 4.74 Å². The van der Waals surface area contributed by atoms with Gasteiger partial charge in [-0.3, -0.25) is 4.79 Å². The number of hydrogen-bond acceptors (Lipinski definition) is 3. The quantitative estimate of drug-likeness (QED) is 0.483. The van der Waals surface area contributed by atoms with Crippen molar-refractivity contribution in [3.05, 3.63) is 11.5 Å². The van der Waals surface area contributed by atoms with Crippen LogP contribution in [0.5, 0.6) is 0 Å². The van der Waals surface area contributed by atoms with Crippen molar-refractivity contribution < 1.29 is 9.53 Å². The molecule has 64 valence electrons. The normalized spacial score (nSPS) is 9.82. The highest BCUT2D eigenvalue weighted by Crippen LogP contribution is 2.12. The first-order chi connectivity index (χ1) is 5.04. The molecular weight excluding hydrogens is 160 g/mol. The number of esters is 1. The molecule has 0 fully saturated rings. The van der Waals surface area contributed by atoms with Gasteiger partial charge >= 0.3 is 5.97 Å². The van der Waals surface area contributed by atoms with Gasteiger partial charge in [0.1, 0.15) is 5.94 Å². The maximum Gasteiger partial charge on any atom is 0.309 e. The van der Waals surface area contributed by atoms with Crippen LogP contribution in [0.25, 0.3) is 0 Å². The Balaban J connectivity index is 3.39. The van der Waals surface area contributed by atoms with E-state index < -0.39 is 0 Å². The molecule has 0 aliphatic rings. The lowest BCUT2D eigenvalue weighted by atomic mass is 10.2. The molecule has 0 saturated heterocycles. The minimum atomic E-state index is -0.154. The molecule has 3 heteroatoms. The zero-order chi connectivity index (χ0) is 8.85. The second-order valence-corrected chi connectivity index (χ2v) is 3.80. The van der Waals surface area contributed by atoms with E-state index in [1.54, 1.807) is 0 Å². The molecular formula is C8H14O2S. The van der Waals surface area contributed by atoms with Crippen molar-refractivity contribution in [3.8, 4) is 0 Å². The second-order valence-electron chi connectivity index (χ2n) is 2.58. The maximum absolute atomic E-state index is 10.9. The number of carbonyl (C=O) groups excluding carboxylic acids is 1. The Labute approximate surface area is 72.0 Å². The first-order valence-corrected chi connectivity index (χ1v) is 4.47. The minimum Gasteiger partial charge on any atom is -0.454 e. The van der Waals surface area contributed by atoms with Crippen LogP contribution in [-0.2, 0) is 9.53 Å². The van der Waals surface area contributed by atoms with Crippen LogP contribution in [0.4, 0.5) is 0 Å². The van der Waals surface area contributed by atoms with E-state index in [2.05, 4.69) is 6.58 Å². The number of allylic oxidation sites excluding steroid dienone is 1. The Morgan fingerprint density at radius 1 is 1.64 bits per heavy atom. The van der Waals surface area contributed by atoms with Crippen LogP contribution >= 0.6 is 11.8 Å². The van der Waals surface area contributed by atoms with Gasteiger partial charge in [0, 0.05) is 0 Å². The standard InChI is InChI=1S/C8H14O2S/c1-6(2)8(9)10-5-11-7(3)4/h6H,3,5H2,1-2,4H3. The van der Waals surface area contributed by atoms with Crippen molar-refractivity contribution in [1.29, 1.82) is 0 Å². The van der Waals surface area contributed by atoms with Crippen LogP contribution < -0.4 is 0 Å². The number of thioether (sulfide) groups is 1. The summed E-state index contributed by atoms with van der Waals surface area (Å²) in [5.74, 6) is 0.186. The first-order valence-electron chi connectivity index (χ1n) is 3.49. The summed E-state index contributed by atoms with van der Waals surface area (Å²) in [6, 6.07) is 0. The van der Waals surface area contributed by atoms with Gasteiger partial charge in [0.25, 0.3) is 0 Å². The summed E-state index contributed by atoms with van der Waals surface area (Å²) >= 11 is 1.44. The summed E-state index contributed by atoms with van der Waals surface area (Å²) in [6.07, 6.45) is 0. The molecule has 0 rings (SSSR count). The summed E-state index contributed by atoms with van der Waals surface area (Å²) in [4.78, 5) is 11.8. The molecule has 0 radical (unpaired) electrons. The van der Waals surface area contributed by atoms with Gasteiger partial charge in [0.15, 0.2) is 0 Å². The van der Waals surface area contributed by atoms with Crippen LogP contribution in [-0.4, -0.2) is 11.9 Å². The SMILES string of the molecule is C=C(C)SCOC(=O)C(C)C. The highest BCUT2D eigenvalue weighted by Gasteiger charge is 2.06. The highest BCUT2D eigenvalue weighted by atomic mass is 32.2. The predicted octanol–water partition coefficient (Wildman–Crippen LogP) is 2.41. The van der Waals surface area contributed by atoms with Gasteiger partial charge in [-0.25, -0.2) is 0 Å². The molecule has 0 bridgehead atoms. The molecule has 0 aliphatic heterocycles. The molecule has 0 aromatic rings. The fourth-order valence-corrected chi connectivity index (χ4v) is 0.731. The van der Waals surface area contributed by atoms with E-state index >= 15 is 0 Å². The smallest absolute Gasteiger partial charge is 0.309 e. The fraction of sp³-hybridized carbons (Fsp3) is 0.625. The minimum absolute atomic E-state index is 0.0410. The van der Waals surface area contributed by atoms with Crippen LogP contribution in [0.15, 0.2) is 11.5 Å². The molecule has 2 nitrogen and oxygen atoms in total. The molecule has 0 aliphatic carbocycles. The molecule has 0 spiro atoms. The van der Waals surface area contributed by atoms with Gasteiger partial charge in [-0.1, -0.05) is 32.2 Å². The Hall–Kier alpha value is -0.440. The van der Waals surface area contributed by atoms with E-state index in [0.29, 0.717) is 5.94 Å². The largest absolute Gasteiger partial charge is 0.454 e. The lowest BCUT2D eigenvalue weighted by molar-refractivity contribution is -0.144. The Morgan fingerprint density at radius 2 is 2.18 bits per heavy atom. The zero-order valence-corrected chi connectivity index (χ0v) is 8.03. The van der Waals surface area contributed by atoms with Crippen molar-refractivity contribution in [2.45, 2.75) is 20.8 Å². The monoisotopic (exact) mass is 174 g/mol. The van der Waals surface area contributed by atoms with E-state index in [0.717, 1.165) is 4.91 Å². The number of hydrogen-bond donors (Lipinski definition) is 0. The van der Waals surface area contributed by atoms with Gasteiger partial charge in [-0.2, -0.15) is 0 Å².